The topological polar surface area (TPSA) is 82.1 Å². The summed E-state index contributed by atoms with van der Waals surface area (Å²) in [6.45, 7) is 5.11. The molecule has 3 unspecified atom stereocenters. The number of ether oxygens (including phenoxy) is 1. The van der Waals surface area contributed by atoms with Crippen LogP contribution in [0.25, 0.3) is 0 Å². The second-order valence-corrected chi connectivity index (χ2v) is 7.24. The van der Waals surface area contributed by atoms with Gasteiger partial charge >= 0.3 is 12.0 Å². The van der Waals surface area contributed by atoms with E-state index in [0.29, 0.717) is 38.1 Å². The predicted molar refractivity (Wildman–Crippen MR) is 91.0 cm³/mol. The van der Waals surface area contributed by atoms with Crippen LogP contribution in [0.1, 0.15) is 32.6 Å². The molecule has 2 N–H and O–H groups in total. The number of carboxylic acid groups (broad SMARTS) is 1. The summed E-state index contributed by atoms with van der Waals surface area (Å²) < 4.78 is 5.67. The summed E-state index contributed by atoms with van der Waals surface area (Å²) in [5.41, 5.74) is 0. The molecule has 0 bridgehead atoms. The lowest BCUT2D eigenvalue weighted by Crippen LogP contribution is -2.53. The fourth-order valence-electron chi connectivity index (χ4n) is 3.68. The zero-order valence-corrected chi connectivity index (χ0v) is 14.9. The number of likely N-dealkylation sites (N-methyl/N-ethyl adjacent to an activating group) is 1. The van der Waals surface area contributed by atoms with Crippen LogP contribution in [0.4, 0.5) is 4.79 Å². The molecular formula is C17H31N3O4. The van der Waals surface area contributed by atoms with Crippen molar-refractivity contribution in [1.29, 1.82) is 0 Å². The first-order chi connectivity index (χ1) is 11.5. The number of hydrogen-bond donors (Lipinski definition) is 2. The van der Waals surface area contributed by atoms with Crippen LogP contribution in [0.15, 0.2) is 0 Å². The number of carbonyl (C=O) groups excluding carboxylic acids is 1. The van der Waals surface area contributed by atoms with Crippen molar-refractivity contribution < 1.29 is 19.4 Å². The Bertz CT molecular complexity index is 432. The Balaban J connectivity index is 1.74. The summed E-state index contributed by atoms with van der Waals surface area (Å²) >= 11 is 0. The van der Waals surface area contributed by atoms with E-state index in [1.165, 1.54) is 25.7 Å². The first kappa shape index (κ1) is 19.0. The van der Waals surface area contributed by atoms with Crippen molar-refractivity contribution in [3.63, 3.8) is 0 Å². The summed E-state index contributed by atoms with van der Waals surface area (Å²) in [7, 11) is 1.75. The highest BCUT2D eigenvalue weighted by atomic mass is 16.5. The van der Waals surface area contributed by atoms with E-state index in [2.05, 4.69) is 12.2 Å². The minimum Gasteiger partial charge on any atom is -0.480 e. The van der Waals surface area contributed by atoms with Gasteiger partial charge in [0.25, 0.3) is 0 Å². The number of aliphatic carboxylic acids is 1. The molecule has 2 fully saturated rings. The van der Waals surface area contributed by atoms with Gasteiger partial charge in [-0.2, -0.15) is 0 Å². The third kappa shape index (κ3) is 5.94. The second kappa shape index (κ2) is 9.22. The van der Waals surface area contributed by atoms with Crippen LogP contribution in [0.5, 0.6) is 0 Å². The molecule has 0 spiro atoms. The Labute approximate surface area is 144 Å². The van der Waals surface area contributed by atoms with Crippen LogP contribution in [0.2, 0.25) is 0 Å². The zero-order chi connectivity index (χ0) is 17.5. The maximum Gasteiger partial charge on any atom is 0.317 e. The van der Waals surface area contributed by atoms with Crippen molar-refractivity contribution in [2.45, 2.75) is 38.7 Å². The number of carboxylic acids is 1. The van der Waals surface area contributed by atoms with E-state index in [-0.39, 0.29) is 18.7 Å². The minimum atomic E-state index is -0.857. The van der Waals surface area contributed by atoms with Crippen LogP contribution in [0.3, 0.4) is 0 Å². The molecule has 0 aromatic rings. The highest BCUT2D eigenvalue weighted by molar-refractivity contribution is 5.74. The summed E-state index contributed by atoms with van der Waals surface area (Å²) in [6.07, 6.45) is 4.90. The quantitative estimate of drug-likeness (QED) is 0.760. The average Bonchev–Trinajstić information content (AvgIpc) is 2.53. The number of nitrogens with one attached hydrogen (secondary N) is 1. The van der Waals surface area contributed by atoms with Crippen LogP contribution in [-0.4, -0.2) is 79.4 Å². The van der Waals surface area contributed by atoms with Gasteiger partial charge in [-0.1, -0.05) is 26.2 Å². The van der Waals surface area contributed by atoms with E-state index in [4.69, 9.17) is 9.84 Å². The molecule has 0 aromatic carbocycles. The molecule has 2 amide bonds. The Hall–Kier alpha value is -1.34. The largest absolute Gasteiger partial charge is 0.480 e. The maximum atomic E-state index is 12.4. The number of rotatable bonds is 6. The first-order valence-corrected chi connectivity index (χ1v) is 9.00. The molecule has 0 aromatic heterocycles. The number of carbonyl (C=O) groups is 2. The number of urea groups is 1. The third-order valence-corrected chi connectivity index (χ3v) is 5.15. The van der Waals surface area contributed by atoms with Gasteiger partial charge in [-0.3, -0.25) is 9.69 Å². The van der Waals surface area contributed by atoms with Crippen molar-refractivity contribution in [1.82, 2.24) is 15.1 Å². The van der Waals surface area contributed by atoms with Gasteiger partial charge in [0.1, 0.15) is 0 Å². The van der Waals surface area contributed by atoms with Gasteiger partial charge < -0.3 is 20.1 Å². The summed E-state index contributed by atoms with van der Waals surface area (Å²) in [4.78, 5) is 26.6. The number of amides is 2. The Kier molecular flexibility index (Phi) is 7.30. The molecule has 7 nitrogen and oxygen atoms in total. The average molecular weight is 341 g/mol. The predicted octanol–water partition coefficient (Wildman–Crippen LogP) is 1.24. The normalized spacial score (nSPS) is 28.0. The van der Waals surface area contributed by atoms with Crippen LogP contribution in [-0.2, 0) is 9.53 Å². The van der Waals surface area contributed by atoms with Gasteiger partial charge in [0, 0.05) is 26.2 Å². The van der Waals surface area contributed by atoms with Crippen molar-refractivity contribution in [2.24, 2.45) is 11.8 Å². The summed E-state index contributed by atoms with van der Waals surface area (Å²) in [5.74, 6) is 0.409. The second-order valence-electron chi connectivity index (χ2n) is 7.24. The minimum absolute atomic E-state index is 0.0222. The fraction of sp³-hybridized carbons (Fsp3) is 0.882. The van der Waals surface area contributed by atoms with Crippen LogP contribution >= 0.6 is 0 Å². The molecule has 1 saturated heterocycles. The molecule has 0 radical (unpaired) electrons. The molecule has 24 heavy (non-hydrogen) atoms. The smallest absolute Gasteiger partial charge is 0.317 e. The molecule has 1 heterocycles. The highest BCUT2D eigenvalue weighted by Crippen LogP contribution is 2.28. The summed E-state index contributed by atoms with van der Waals surface area (Å²) in [6, 6.07) is -0.0260. The van der Waals surface area contributed by atoms with Gasteiger partial charge in [-0.25, -0.2) is 4.79 Å². The van der Waals surface area contributed by atoms with Crippen LogP contribution in [0, 0.1) is 11.8 Å². The lowest BCUT2D eigenvalue weighted by molar-refractivity contribution is -0.138. The zero-order valence-electron chi connectivity index (χ0n) is 14.9. The fourth-order valence-corrected chi connectivity index (χ4v) is 3.68. The molecule has 1 aliphatic heterocycles. The van der Waals surface area contributed by atoms with Crippen molar-refractivity contribution >= 4 is 12.0 Å². The molecule has 1 aliphatic carbocycles. The van der Waals surface area contributed by atoms with Gasteiger partial charge in [-0.05, 0) is 25.3 Å². The standard InChI is InChI=1S/C17H31N3O4/c1-13-5-3-4-6-14(13)9-18-17(23)20-7-8-24-15(11-20)10-19(2)12-16(21)22/h13-15H,3-12H2,1-2H3,(H,18,23)(H,21,22). The van der Waals surface area contributed by atoms with Crippen molar-refractivity contribution in [2.75, 3.05) is 46.4 Å². The Morgan fingerprint density at radius 2 is 2.08 bits per heavy atom. The number of morpholine rings is 1. The maximum absolute atomic E-state index is 12.4. The highest BCUT2D eigenvalue weighted by Gasteiger charge is 2.27. The van der Waals surface area contributed by atoms with Gasteiger partial charge in [0.15, 0.2) is 0 Å². The van der Waals surface area contributed by atoms with E-state index >= 15 is 0 Å². The Morgan fingerprint density at radius 1 is 1.33 bits per heavy atom. The lowest BCUT2D eigenvalue weighted by atomic mass is 9.80. The van der Waals surface area contributed by atoms with E-state index in [9.17, 15) is 9.59 Å². The Morgan fingerprint density at radius 3 is 2.79 bits per heavy atom. The monoisotopic (exact) mass is 341 g/mol. The molecular weight excluding hydrogens is 310 g/mol. The molecule has 138 valence electrons. The lowest BCUT2D eigenvalue weighted by Gasteiger charge is -2.35. The molecule has 3 atom stereocenters. The van der Waals surface area contributed by atoms with Gasteiger partial charge in [0.05, 0.1) is 19.3 Å². The van der Waals surface area contributed by atoms with Crippen molar-refractivity contribution in [3.05, 3.63) is 0 Å². The number of nitrogens with zero attached hydrogens (tertiary/aromatic N) is 2. The molecule has 7 heteroatoms. The SMILES string of the molecule is CC1CCCCC1CNC(=O)N1CCOC(CN(C)CC(=O)O)C1. The van der Waals surface area contributed by atoms with Crippen LogP contribution < -0.4 is 5.32 Å². The molecule has 2 aliphatic rings. The van der Waals surface area contributed by atoms with Gasteiger partial charge in [-0.15, -0.1) is 0 Å². The third-order valence-electron chi connectivity index (χ3n) is 5.15. The van der Waals surface area contributed by atoms with Crippen molar-refractivity contribution in [3.8, 4) is 0 Å². The van der Waals surface area contributed by atoms with E-state index < -0.39 is 5.97 Å². The van der Waals surface area contributed by atoms with E-state index in [1.54, 1.807) is 16.8 Å². The summed E-state index contributed by atoms with van der Waals surface area (Å²) in [5, 5.41) is 11.9. The number of hydrogen-bond acceptors (Lipinski definition) is 4. The van der Waals surface area contributed by atoms with E-state index in [1.807, 2.05) is 0 Å². The van der Waals surface area contributed by atoms with Gasteiger partial charge in [0.2, 0.25) is 0 Å². The first-order valence-electron chi connectivity index (χ1n) is 9.00. The van der Waals surface area contributed by atoms with E-state index in [0.717, 1.165) is 6.54 Å². The molecule has 1 saturated carbocycles. The molecule has 2 rings (SSSR count).